The van der Waals surface area contributed by atoms with Crippen LogP contribution in [0.1, 0.15) is 24.0 Å². The number of hydrogen-bond donors (Lipinski definition) is 0. The Morgan fingerprint density at radius 1 is 1.15 bits per heavy atom. The van der Waals surface area contributed by atoms with Gasteiger partial charge in [0.05, 0.1) is 0 Å². The van der Waals surface area contributed by atoms with Gasteiger partial charge in [0, 0.05) is 34.3 Å². The third kappa shape index (κ3) is 3.55. The van der Waals surface area contributed by atoms with Crippen LogP contribution in [0.4, 0.5) is 10.1 Å². The first-order valence-corrected chi connectivity index (χ1v) is 9.19. The van der Waals surface area contributed by atoms with Crippen LogP contribution < -0.4 is 4.90 Å². The molecule has 1 saturated heterocycles. The monoisotopic (exact) mass is 428 g/mol. The minimum absolute atomic E-state index is 0.0285. The summed E-state index contributed by atoms with van der Waals surface area (Å²) in [6, 6.07) is 11.5. The van der Waals surface area contributed by atoms with Gasteiger partial charge in [-0.25, -0.2) is 14.2 Å². The quantitative estimate of drug-likeness (QED) is 0.546. The minimum Gasteiger partial charge on any atom is -0.402 e. The van der Waals surface area contributed by atoms with E-state index < -0.39 is 11.8 Å². The van der Waals surface area contributed by atoms with E-state index in [1.165, 1.54) is 12.1 Å². The Morgan fingerprint density at radius 3 is 2.63 bits per heavy atom. The van der Waals surface area contributed by atoms with Crippen molar-refractivity contribution in [2.45, 2.75) is 12.8 Å². The normalized spacial score (nSPS) is 18.2. The molecule has 2 aromatic rings. The zero-order valence-electron chi connectivity index (χ0n) is 14.1. The molecule has 0 radical (unpaired) electrons. The molecule has 1 amide bonds. The van der Waals surface area contributed by atoms with E-state index in [1.54, 1.807) is 41.3 Å². The molecule has 0 atom stereocenters. The second-order valence-electron chi connectivity index (χ2n) is 6.20. The van der Waals surface area contributed by atoms with E-state index >= 15 is 0 Å². The molecule has 1 fully saturated rings. The van der Waals surface area contributed by atoms with Gasteiger partial charge < -0.3 is 9.64 Å². The van der Waals surface area contributed by atoms with Crippen molar-refractivity contribution in [2.75, 3.05) is 11.4 Å². The van der Waals surface area contributed by atoms with Crippen molar-refractivity contribution in [2.24, 2.45) is 4.99 Å². The van der Waals surface area contributed by atoms with Gasteiger partial charge in [0.2, 0.25) is 11.8 Å². The highest BCUT2D eigenvalue weighted by Gasteiger charge is 2.26. The molecule has 0 N–H and O–H groups in total. The van der Waals surface area contributed by atoms with E-state index in [4.69, 9.17) is 4.74 Å². The summed E-state index contributed by atoms with van der Waals surface area (Å²) >= 11 is 3.27. The molecule has 2 heterocycles. The molecular formula is C20H14BrFN2O3. The maximum atomic E-state index is 13.9. The molecule has 27 heavy (non-hydrogen) atoms. The van der Waals surface area contributed by atoms with Crippen LogP contribution >= 0.6 is 15.9 Å². The van der Waals surface area contributed by atoms with Crippen LogP contribution in [-0.4, -0.2) is 24.3 Å². The number of carbonyl (C=O) groups is 2. The predicted molar refractivity (Wildman–Crippen MR) is 103 cm³/mol. The molecule has 7 heteroatoms. The SMILES string of the molecule is O=C1OC(c2ccc(N3CCCC3=O)cc2)=N/C1=C\c1cc(Br)ccc1F. The van der Waals surface area contributed by atoms with Crippen molar-refractivity contribution in [3.8, 4) is 0 Å². The molecule has 4 rings (SSSR count). The summed E-state index contributed by atoms with van der Waals surface area (Å²) in [6.07, 6.45) is 2.77. The Hall–Kier alpha value is -2.80. The lowest BCUT2D eigenvalue weighted by atomic mass is 10.2. The molecule has 0 saturated carbocycles. The molecule has 0 aromatic heterocycles. The number of aliphatic imine (C=N–C) groups is 1. The number of ether oxygens (including phenoxy) is 1. The largest absolute Gasteiger partial charge is 0.402 e. The second-order valence-corrected chi connectivity index (χ2v) is 7.11. The smallest absolute Gasteiger partial charge is 0.363 e. The first kappa shape index (κ1) is 17.6. The van der Waals surface area contributed by atoms with E-state index in [1.807, 2.05) is 0 Å². The summed E-state index contributed by atoms with van der Waals surface area (Å²) < 4.78 is 19.8. The van der Waals surface area contributed by atoms with Crippen LogP contribution in [0, 0.1) is 5.82 Å². The summed E-state index contributed by atoms with van der Waals surface area (Å²) in [4.78, 5) is 29.8. The molecule has 2 aromatic carbocycles. The molecule has 0 spiro atoms. The van der Waals surface area contributed by atoms with Crippen LogP contribution in [-0.2, 0) is 14.3 Å². The maximum absolute atomic E-state index is 13.9. The zero-order chi connectivity index (χ0) is 19.0. The number of cyclic esters (lactones) is 1. The average Bonchev–Trinajstić information content (AvgIpc) is 3.24. The van der Waals surface area contributed by atoms with Crippen molar-refractivity contribution in [1.82, 2.24) is 0 Å². The van der Waals surface area contributed by atoms with Crippen LogP contribution in [0.2, 0.25) is 0 Å². The lowest BCUT2D eigenvalue weighted by molar-refractivity contribution is -0.130. The Morgan fingerprint density at radius 2 is 1.93 bits per heavy atom. The Balaban J connectivity index is 1.60. The lowest BCUT2D eigenvalue weighted by Crippen LogP contribution is -2.23. The number of carbonyl (C=O) groups excluding carboxylic acids is 2. The summed E-state index contributed by atoms with van der Waals surface area (Å²) in [5.41, 5.74) is 1.68. The van der Waals surface area contributed by atoms with E-state index in [2.05, 4.69) is 20.9 Å². The number of esters is 1. The Bertz CT molecular complexity index is 999. The van der Waals surface area contributed by atoms with Gasteiger partial charge in [-0.1, -0.05) is 15.9 Å². The molecule has 0 bridgehead atoms. The summed E-state index contributed by atoms with van der Waals surface area (Å²) in [7, 11) is 0. The van der Waals surface area contributed by atoms with E-state index in [0.717, 1.165) is 12.1 Å². The van der Waals surface area contributed by atoms with Crippen molar-refractivity contribution in [3.63, 3.8) is 0 Å². The molecule has 5 nitrogen and oxygen atoms in total. The first-order chi connectivity index (χ1) is 13.0. The molecule has 2 aliphatic heterocycles. The zero-order valence-corrected chi connectivity index (χ0v) is 15.7. The number of amides is 1. The average molecular weight is 429 g/mol. The molecule has 0 aliphatic carbocycles. The van der Waals surface area contributed by atoms with Gasteiger partial charge in [0.15, 0.2) is 5.70 Å². The minimum atomic E-state index is -0.636. The summed E-state index contributed by atoms with van der Waals surface area (Å²) in [5, 5.41) is 0. The Labute approximate surface area is 163 Å². The van der Waals surface area contributed by atoms with Gasteiger partial charge in [0.1, 0.15) is 5.82 Å². The summed E-state index contributed by atoms with van der Waals surface area (Å²) in [6.45, 7) is 0.708. The van der Waals surface area contributed by atoms with E-state index in [0.29, 0.717) is 23.0 Å². The Kier molecular flexibility index (Phi) is 4.61. The van der Waals surface area contributed by atoms with Crippen LogP contribution in [0.15, 0.2) is 57.6 Å². The number of rotatable bonds is 3. The standard InChI is InChI=1S/C20H14BrFN2O3/c21-14-5-8-16(22)13(10-14)11-17-20(26)27-19(23-17)12-3-6-15(7-4-12)24-9-1-2-18(24)25/h3-8,10-11H,1-2,9H2/b17-11-. The highest BCUT2D eigenvalue weighted by Crippen LogP contribution is 2.25. The number of benzene rings is 2. The van der Waals surface area contributed by atoms with E-state index in [-0.39, 0.29) is 23.1 Å². The van der Waals surface area contributed by atoms with Crippen LogP contribution in [0.5, 0.6) is 0 Å². The van der Waals surface area contributed by atoms with Gasteiger partial charge in [0.25, 0.3) is 0 Å². The van der Waals surface area contributed by atoms with Gasteiger partial charge in [-0.3, -0.25) is 4.79 Å². The summed E-state index contributed by atoms with van der Waals surface area (Å²) in [5.74, 6) is -0.834. The number of hydrogen-bond acceptors (Lipinski definition) is 4. The fraction of sp³-hybridized carbons (Fsp3) is 0.150. The van der Waals surface area contributed by atoms with Crippen molar-refractivity contribution < 1.29 is 18.7 Å². The topological polar surface area (TPSA) is 59.0 Å². The fourth-order valence-electron chi connectivity index (χ4n) is 3.01. The molecule has 2 aliphatic rings. The number of anilines is 1. The fourth-order valence-corrected chi connectivity index (χ4v) is 3.39. The molecule has 0 unspecified atom stereocenters. The number of nitrogens with zero attached hydrogens (tertiary/aromatic N) is 2. The van der Waals surface area contributed by atoms with Gasteiger partial charge in [-0.05, 0) is 55.0 Å². The van der Waals surface area contributed by atoms with Gasteiger partial charge >= 0.3 is 5.97 Å². The third-order valence-electron chi connectivity index (χ3n) is 4.37. The van der Waals surface area contributed by atoms with Crippen molar-refractivity contribution in [1.29, 1.82) is 0 Å². The number of halogens is 2. The highest BCUT2D eigenvalue weighted by molar-refractivity contribution is 9.10. The molecular weight excluding hydrogens is 415 g/mol. The molecule has 136 valence electrons. The van der Waals surface area contributed by atoms with Crippen LogP contribution in [0.25, 0.3) is 6.08 Å². The van der Waals surface area contributed by atoms with Crippen molar-refractivity contribution in [3.05, 3.63) is 69.6 Å². The van der Waals surface area contributed by atoms with Gasteiger partial charge in [-0.2, -0.15) is 0 Å². The van der Waals surface area contributed by atoms with Crippen LogP contribution in [0.3, 0.4) is 0 Å². The third-order valence-corrected chi connectivity index (χ3v) is 4.86. The second kappa shape index (κ2) is 7.08. The highest BCUT2D eigenvalue weighted by atomic mass is 79.9. The van der Waals surface area contributed by atoms with Gasteiger partial charge in [-0.15, -0.1) is 0 Å². The van der Waals surface area contributed by atoms with Crippen molar-refractivity contribution >= 4 is 45.5 Å². The first-order valence-electron chi connectivity index (χ1n) is 8.40. The lowest BCUT2D eigenvalue weighted by Gasteiger charge is -2.15. The predicted octanol–water partition coefficient (Wildman–Crippen LogP) is 4.06. The van der Waals surface area contributed by atoms with E-state index in [9.17, 15) is 14.0 Å². The maximum Gasteiger partial charge on any atom is 0.363 e.